The Kier molecular flexibility index (Phi) is 3.95. The minimum Gasteiger partial charge on any atom is -0.342 e. The molecule has 26 heavy (non-hydrogen) atoms. The second kappa shape index (κ2) is 5.95. The second-order valence-electron chi connectivity index (χ2n) is 7.61. The number of carbonyl (C=O) groups is 1. The Morgan fingerprint density at radius 1 is 1.04 bits per heavy atom. The van der Waals surface area contributed by atoms with Crippen molar-refractivity contribution in [1.82, 2.24) is 4.90 Å². The van der Waals surface area contributed by atoms with Gasteiger partial charge in [0.1, 0.15) is 0 Å². The van der Waals surface area contributed by atoms with Crippen molar-refractivity contribution in [2.24, 2.45) is 0 Å². The summed E-state index contributed by atoms with van der Waals surface area (Å²) in [6, 6.07) is 14.3. The van der Waals surface area contributed by atoms with E-state index in [1.807, 2.05) is 30.1 Å². The summed E-state index contributed by atoms with van der Waals surface area (Å²) in [4.78, 5) is 14.7. The molecule has 2 aromatic rings. The first-order valence-corrected chi connectivity index (χ1v) is 10.5. The standard InChI is InChI=1S/C21H23NO3S/c1-21-13-12-20(23)22(2)19(21)11-8-15-14-17(9-10-18(15)21)26(24,25)16-6-4-3-5-7-16/h3-7,9-10,14,19H,8,11-13H2,1-2H3/t19?,21-/m1/s1. The molecule has 0 N–H and O–H groups in total. The molecule has 2 atom stereocenters. The number of likely N-dealkylation sites (N-methyl/N-ethyl adjacent to an activating group) is 1. The van der Waals surface area contributed by atoms with Gasteiger partial charge in [-0.25, -0.2) is 8.42 Å². The lowest BCUT2D eigenvalue weighted by atomic mass is 9.63. The molecule has 4 rings (SSSR count). The van der Waals surface area contributed by atoms with Gasteiger partial charge in [0.25, 0.3) is 0 Å². The number of hydrogen-bond donors (Lipinski definition) is 0. The highest BCUT2D eigenvalue weighted by molar-refractivity contribution is 7.91. The highest BCUT2D eigenvalue weighted by atomic mass is 32.2. The summed E-state index contributed by atoms with van der Waals surface area (Å²) >= 11 is 0. The van der Waals surface area contributed by atoms with Gasteiger partial charge >= 0.3 is 0 Å². The van der Waals surface area contributed by atoms with Gasteiger partial charge in [-0.05, 0) is 54.7 Å². The van der Waals surface area contributed by atoms with Crippen LogP contribution < -0.4 is 0 Å². The summed E-state index contributed by atoms with van der Waals surface area (Å²) in [5, 5.41) is 0. The third kappa shape index (κ3) is 2.49. The first kappa shape index (κ1) is 17.3. The van der Waals surface area contributed by atoms with Crippen LogP contribution in [-0.2, 0) is 26.5 Å². The Labute approximate surface area is 154 Å². The molecule has 1 aliphatic carbocycles. The molecule has 1 fully saturated rings. The maximum absolute atomic E-state index is 12.9. The fourth-order valence-electron chi connectivity index (χ4n) is 4.67. The van der Waals surface area contributed by atoms with E-state index in [4.69, 9.17) is 0 Å². The number of aryl methyl sites for hydroxylation is 1. The van der Waals surface area contributed by atoms with Gasteiger partial charge in [-0.15, -0.1) is 0 Å². The number of amides is 1. The Morgan fingerprint density at radius 3 is 2.50 bits per heavy atom. The number of fused-ring (bicyclic) bond motifs is 3. The van der Waals surface area contributed by atoms with Gasteiger partial charge in [0.2, 0.25) is 15.7 Å². The van der Waals surface area contributed by atoms with Gasteiger partial charge < -0.3 is 4.90 Å². The van der Waals surface area contributed by atoms with E-state index < -0.39 is 9.84 Å². The first-order valence-electron chi connectivity index (χ1n) is 9.03. The number of likely N-dealkylation sites (tertiary alicyclic amines) is 1. The maximum Gasteiger partial charge on any atom is 0.222 e. The summed E-state index contributed by atoms with van der Waals surface area (Å²) in [6.45, 7) is 2.21. The predicted molar refractivity (Wildman–Crippen MR) is 99.8 cm³/mol. The molecule has 1 aliphatic heterocycles. The molecular weight excluding hydrogens is 346 g/mol. The second-order valence-corrected chi connectivity index (χ2v) is 9.56. The lowest BCUT2D eigenvalue weighted by Gasteiger charge is -2.50. The number of rotatable bonds is 2. The normalized spacial score (nSPS) is 25.5. The lowest BCUT2D eigenvalue weighted by molar-refractivity contribution is -0.138. The van der Waals surface area contributed by atoms with Crippen LogP contribution in [0, 0.1) is 0 Å². The topological polar surface area (TPSA) is 54.5 Å². The van der Waals surface area contributed by atoms with Crippen LogP contribution in [0.4, 0.5) is 0 Å². The molecule has 136 valence electrons. The number of benzene rings is 2. The van der Waals surface area contributed by atoms with Gasteiger partial charge in [-0.3, -0.25) is 4.79 Å². The molecular formula is C21H23NO3S. The van der Waals surface area contributed by atoms with Crippen molar-refractivity contribution in [1.29, 1.82) is 0 Å². The minimum absolute atomic E-state index is 0.106. The van der Waals surface area contributed by atoms with Crippen molar-refractivity contribution in [2.45, 2.75) is 53.9 Å². The Bertz CT molecular complexity index is 968. The van der Waals surface area contributed by atoms with Crippen LogP contribution in [0.1, 0.15) is 37.3 Å². The van der Waals surface area contributed by atoms with Gasteiger partial charge in [-0.2, -0.15) is 0 Å². The Morgan fingerprint density at radius 2 is 1.77 bits per heavy atom. The molecule has 1 amide bonds. The van der Waals surface area contributed by atoms with Crippen LogP contribution in [0.3, 0.4) is 0 Å². The van der Waals surface area contributed by atoms with Crippen LogP contribution in [-0.4, -0.2) is 32.3 Å². The van der Waals surface area contributed by atoms with Crippen molar-refractivity contribution >= 4 is 15.7 Å². The molecule has 0 saturated carbocycles. The SMILES string of the molecule is CN1C(=O)CC[C@]2(C)c3ccc(S(=O)(=O)c4ccccc4)cc3CCC12. The summed E-state index contributed by atoms with van der Waals surface area (Å²) in [7, 11) is -1.61. The van der Waals surface area contributed by atoms with Crippen LogP contribution in [0.25, 0.3) is 0 Å². The molecule has 1 saturated heterocycles. The van der Waals surface area contributed by atoms with Gasteiger partial charge in [0.15, 0.2) is 0 Å². The van der Waals surface area contributed by atoms with Gasteiger partial charge in [0, 0.05) is 24.9 Å². The zero-order valence-electron chi connectivity index (χ0n) is 15.1. The quantitative estimate of drug-likeness (QED) is 0.816. The van der Waals surface area contributed by atoms with Crippen molar-refractivity contribution in [2.75, 3.05) is 7.05 Å². The highest BCUT2D eigenvalue weighted by Crippen LogP contribution is 2.46. The van der Waals surface area contributed by atoms with Crippen molar-refractivity contribution in [3.63, 3.8) is 0 Å². The van der Waals surface area contributed by atoms with E-state index in [2.05, 4.69) is 6.92 Å². The van der Waals surface area contributed by atoms with Crippen LogP contribution in [0.15, 0.2) is 58.3 Å². The smallest absolute Gasteiger partial charge is 0.222 e. The fraction of sp³-hybridized carbons (Fsp3) is 0.381. The van der Waals surface area contributed by atoms with Crippen LogP contribution in [0.2, 0.25) is 0 Å². The fourth-order valence-corrected chi connectivity index (χ4v) is 6.00. The average molecular weight is 369 g/mol. The van der Waals surface area contributed by atoms with E-state index in [0.29, 0.717) is 16.2 Å². The molecule has 5 heteroatoms. The Hall–Kier alpha value is -2.14. The van der Waals surface area contributed by atoms with Gasteiger partial charge in [-0.1, -0.05) is 31.2 Å². The zero-order chi connectivity index (χ0) is 18.5. The van der Waals surface area contributed by atoms with E-state index in [9.17, 15) is 13.2 Å². The number of piperidine rings is 1. The summed E-state index contributed by atoms with van der Waals surface area (Å²) in [5.74, 6) is 0.208. The molecule has 0 spiro atoms. The summed E-state index contributed by atoms with van der Waals surface area (Å²) < 4.78 is 25.8. The molecule has 2 aliphatic rings. The predicted octanol–water partition coefficient (Wildman–Crippen LogP) is 3.34. The van der Waals surface area contributed by atoms with E-state index >= 15 is 0 Å². The van der Waals surface area contributed by atoms with E-state index in [1.165, 1.54) is 5.56 Å². The molecule has 1 heterocycles. The van der Waals surface area contributed by atoms with Crippen molar-refractivity contribution in [3.05, 3.63) is 59.7 Å². The van der Waals surface area contributed by atoms with Crippen LogP contribution >= 0.6 is 0 Å². The number of carbonyl (C=O) groups excluding carboxylic acids is 1. The maximum atomic E-state index is 12.9. The minimum atomic E-state index is -3.51. The van der Waals surface area contributed by atoms with Gasteiger partial charge in [0.05, 0.1) is 9.79 Å². The Balaban J connectivity index is 1.77. The molecule has 4 nitrogen and oxygen atoms in total. The highest BCUT2D eigenvalue weighted by Gasteiger charge is 2.46. The number of nitrogens with zero attached hydrogens (tertiary/aromatic N) is 1. The summed E-state index contributed by atoms with van der Waals surface area (Å²) in [6.07, 6.45) is 3.04. The molecule has 2 aromatic carbocycles. The average Bonchev–Trinajstić information content (AvgIpc) is 2.65. The van der Waals surface area contributed by atoms with Crippen molar-refractivity contribution in [3.8, 4) is 0 Å². The van der Waals surface area contributed by atoms with E-state index in [-0.39, 0.29) is 17.4 Å². The molecule has 0 radical (unpaired) electrons. The monoisotopic (exact) mass is 369 g/mol. The van der Waals surface area contributed by atoms with E-state index in [1.54, 1.807) is 30.3 Å². The van der Waals surface area contributed by atoms with Crippen LogP contribution in [0.5, 0.6) is 0 Å². The lowest BCUT2D eigenvalue weighted by Crippen LogP contribution is -2.56. The van der Waals surface area contributed by atoms with E-state index in [0.717, 1.165) is 24.8 Å². The number of hydrogen-bond acceptors (Lipinski definition) is 3. The largest absolute Gasteiger partial charge is 0.342 e. The molecule has 1 unspecified atom stereocenters. The van der Waals surface area contributed by atoms with Crippen molar-refractivity contribution < 1.29 is 13.2 Å². The third-order valence-electron chi connectivity index (χ3n) is 6.20. The summed E-state index contributed by atoms with van der Waals surface area (Å²) in [5.41, 5.74) is 2.19. The first-order chi connectivity index (χ1) is 12.3. The molecule has 0 aromatic heterocycles. The number of sulfone groups is 1. The third-order valence-corrected chi connectivity index (χ3v) is 7.96. The molecule has 0 bridgehead atoms. The zero-order valence-corrected chi connectivity index (χ0v) is 15.9.